The van der Waals surface area contributed by atoms with Crippen molar-refractivity contribution in [2.24, 2.45) is 11.8 Å². The maximum atomic E-state index is 11.1. The third-order valence-corrected chi connectivity index (χ3v) is 2.61. The van der Waals surface area contributed by atoms with Crippen LogP contribution in [0.4, 0.5) is 0 Å². The van der Waals surface area contributed by atoms with Crippen LogP contribution >= 0.6 is 0 Å². The van der Waals surface area contributed by atoms with Gasteiger partial charge in [-0.25, -0.2) is 0 Å². The number of carbonyl (C=O) groups excluding carboxylic acids is 1. The van der Waals surface area contributed by atoms with E-state index in [0.29, 0.717) is 25.7 Å². The molecule has 0 saturated heterocycles. The third kappa shape index (κ3) is 2.44. The zero-order chi connectivity index (χ0) is 9.84. The zero-order valence-electron chi connectivity index (χ0n) is 7.66. The third-order valence-electron chi connectivity index (χ3n) is 2.61. The second kappa shape index (κ2) is 4.25. The number of ether oxygens (including phenoxy) is 1. The monoisotopic (exact) mass is 186 g/mol. The smallest absolute Gasteiger partial charge is 0.308 e. The van der Waals surface area contributed by atoms with Crippen molar-refractivity contribution in [2.75, 3.05) is 7.11 Å². The fourth-order valence-electron chi connectivity index (χ4n) is 1.74. The van der Waals surface area contributed by atoms with Crippen LogP contribution in [0.1, 0.15) is 25.7 Å². The predicted octanol–water partition coefficient (Wildman–Crippen LogP) is 1.05. The molecular formula is C9H14O4. The first-order valence-corrected chi connectivity index (χ1v) is 4.45. The summed E-state index contributed by atoms with van der Waals surface area (Å²) in [5.74, 6) is -1.30. The van der Waals surface area contributed by atoms with E-state index in [4.69, 9.17) is 5.11 Å². The highest BCUT2D eigenvalue weighted by molar-refractivity contribution is 5.74. The summed E-state index contributed by atoms with van der Waals surface area (Å²) in [6.45, 7) is 0. The van der Waals surface area contributed by atoms with Crippen LogP contribution in [0.5, 0.6) is 0 Å². The summed E-state index contributed by atoms with van der Waals surface area (Å²) in [5.41, 5.74) is 0. The van der Waals surface area contributed by atoms with E-state index in [9.17, 15) is 9.59 Å². The molecule has 4 heteroatoms. The molecule has 1 saturated carbocycles. The minimum Gasteiger partial charge on any atom is -0.481 e. The Bertz CT molecular complexity index is 204. The number of carboxylic acid groups (broad SMARTS) is 1. The van der Waals surface area contributed by atoms with E-state index in [1.807, 2.05) is 0 Å². The molecule has 1 N–H and O–H groups in total. The van der Waals surface area contributed by atoms with Crippen molar-refractivity contribution in [3.05, 3.63) is 0 Å². The minimum absolute atomic E-state index is 0.0828. The van der Waals surface area contributed by atoms with E-state index in [2.05, 4.69) is 4.74 Å². The Morgan fingerprint density at radius 3 is 2.00 bits per heavy atom. The van der Waals surface area contributed by atoms with Crippen molar-refractivity contribution in [1.82, 2.24) is 0 Å². The molecule has 0 aromatic rings. The van der Waals surface area contributed by atoms with Crippen molar-refractivity contribution in [1.29, 1.82) is 0 Å². The number of carboxylic acids is 1. The Morgan fingerprint density at radius 2 is 1.62 bits per heavy atom. The van der Waals surface area contributed by atoms with Crippen LogP contribution in [-0.2, 0) is 14.3 Å². The second-order valence-electron chi connectivity index (χ2n) is 3.41. The molecule has 0 spiro atoms. The van der Waals surface area contributed by atoms with Crippen molar-refractivity contribution >= 4 is 11.9 Å². The van der Waals surface area contributed by atoms with Crippen molar-refractivity contribution < 1.29 is 19.4 Å². The minimum atomic E-state index is -0.747. The maximum absolute atomic E-state index is 11.1. The molecule has 0 atom stereocenters. The Kier molecular flexibility index (Phi) is 3.28. The second-order valence-corrected chi connectivity index (χ2v) is 3.41. The van der Waals surface area contributed by atoms with E-state index < -0.39 is 5.97 Å². The van der Waals surface area contributed by atoms with Gasteiger partial charge in [-0.05, 0) is 25.7 Å². The molecule has 0 unspecified atom stereocenters. The van der Waals surface area contributed by atoms with Crippen molar-refractivity contribution in [3.63, 3.8) is 0 Å². The van der Waals surface area contributed by atoms with E-state index in [1.165, 1.54) is 7.11 Å². The van der Waals surface area contributed by atoms with Crippen LogP contribution in [0.2, 0.25) is 0 Å². The molecule has 4 nitrogen and oxygen atoms in total. The highest BCUT2D eigenvalue weighted by Gasteiger charge is 2.29. The van der Waals surface area contributed by atoms with Crippen molar-refractivity contribution in [3.8, 4) is 0 Å². The highest BCUT2D eigenvalue weighted by atomic mass is 16.5. The molecule has 1 fully saturated rings. The topological polar surface area (TPSA) is 63.6 Å². The molecule has 0 aromatic carbocycles. The predicted molar refractivity (Wildman–Crippen MR) is 45.1 cm³/mol. The van der Waals surface area contributed by atoms with Crippen LogP contribution in [0, 0.1) is 11.8 Å². The normalized spacial score (nSPS) is 28.1. The summed E-state index contributed by atoms with van der Waals surface area (Å²) in [7, 11) is 1.37. The zero-order valence-corrected chi connectivity index (χ0v) is 7.66. The van der Waals surface area contributed by atoms with E-state index in [-0.39, 0.29) is 17.8 Å². The molecule has 1 rings (SSSR count). The van der Waals surface area contributed by atoms with Gasteiger partial charge in [0.25, 0.3) is 0 Å². The number of hydrogen-bond acceptors (Lipinski definition) is 3. The number of esters is 1. The summed E-state index contributed by atoms with van der Waals surface area (Å²) in [6.07, 6.45) is 2.47. The van der Waals surface area contributed by atoms with Crippen molar-refractivity contribution in [2.45, 2.75) is 25.7 Å². The average Bonchev–Trinajstić information content (AvgIpc) is 2.17. The van der Waals surface area contributed by atoms with Gasteiger partial charge < -0.3 is 9.84 Å². The fraction of sp³-hybridized carbons (Fsp3) is 0.778. The first-order chi connectivity index (χ1) is 6.15. The number of hydrogen-bond donors (Lipinski definition) is 1. The molecule has 0 heterocycles. The molecule has 74 valence electrons. The van der Waals surface area contributed by atoms with E-state index >= 15 is 0 Å². The number of carbonyl (C=O) groups is 2. The Hall–Kier alpha value is -1.06. The van der Waals surface area contributed by atoms with Crippen LogP contribution in [0.3, 0.4) is 0 Å². The summed E-state index contributed by atoms with van der Waals surface area (Å²) in [5, 5.41) is 8.70. The van der Waals surface area contributed by atoms with Gasteiger partial charge in [-0.2, -0.15) is 0 Å². The molecule has 13 heavy (non-hydrogen) atoms. The number of aliphatic carboxylic acids is 1. The maximum Gasteiger partial charge on any atom is 0.308 e. The lowest BCUT2D eigenvalue weighted by Crippen LogP contribution is -2.26. The van der Waals surface area contributed by atoms with Crippen LogP contribution in [-0.4, -0.2) is 24.2 Å². The van der Waals surface area contributed by atoms with E-state index in [1.54, 1.807) is 0 Å². The molecular weight excluding hydrogens is 172 g/mol. The van der Waals surface area contributed by atoms with Gasteiger partial charge in [-0.3, -0.25) is 9.59 Å². The molecule has 1 aliphatic rings. The summed E-state index contributed by atoms with van der Waals surface area (Å²) >= 11 is 0. The lowest BCUT2D eigenvalue weighted by Gasteiger charge is -2.23. The van der Waals surface area contributed by atoms with Crippen LogP contribution < -0.4 is 0 Å². The quantitative estimate of drug-likeness (QED) is 0.655. The van der Waals surface area contributed by atoms with Gasteiger partial charge in [-0.1, -0.05) is 0 Å². The van der Waals surface area contributed by atoms with Gasteiger partial charge in [0.1, 0.15) is 0 Å². The number of rotatable bonds is 2. The van der Waals surface area contributed by atoms with Gasteiger partial charge in [0.05, 0.1) is 18.9 Å². The highest BCUT2D eigenvalue weighted by Crippen LogP contribution is 2.29. The molecule has 0 amide bonds. The molecule has 0 aromatic heterocycles. The van der Waals surface area contributed by atoms with Gasteiger partial charge in [0, 0.05) is 0 Å². The fourth-order valence-corrected chi connectivity index (χ4v) is 1.74. The Morgan fingerprint density at radius 1 is 1.15 bits per heavy atom. The molecule has 1 aliphatic carbocycles. The standard InChI is InChI=1S/C9H14O4/c1-13-9(12)7-4-2-6(3-5-7)8(10)11/h6-7H,2-5H2,1H3,(H,10,11)/t6-,7+. The van der Waals surface area contributed by atoms with Crippen LogP contribution in [0.25, 0.3) is 0 Å². The molecule has 0 bridgehead atoms. The lowest BCUT2D eigenvalue weighted by molar-refractivity contribution is -0.150. The average molecular weight is 186 g/mol. The first-order valence-electron chi connectivity index (χ1n) is 4.45. The summed E-state index contributed by atoms with van der Waals surface area (Å²) < 4.78 is 4.60. The summed E-state index contributed by atoms with van der Waals surface area (Å²) in [4.78, 5) is 21.7. The Labute approximate surface area is 76.9 Å². The van der Waals surface area contributed by atoms with Gasteiger partial charge in [0.2, 0.25) is 0 Å². The van der Waals surface area contributed by atoms with Gasteiger partial charge in [0.15, 0.2) is 0 Å². The molecule has 0 radical (unpaired) electrons. The Balaban J connectivity index is 2.39. The SMILES string of the molecule is COC(=O)[C@H]1CC[C@@H](C(=O)O)CC1. The molecule has 0 aliphatic heterocycles. The summed E-state index contributed by atoms with van der Waals surface area (Å²) in [6, 6.07) is 0. The number of methoxy groups -OCH3 is 1. The van der Waals surface area contributed by atoms with Gasteiger partial charge >= 0.3 is 11.9 Å². The van der Waals surface area contributed by atoms with Crippen LogP contribution in [0.15, 0.2) is 0 Å². The first kappa shape index (κ1) is 10.0. The largest absolute Gasteiger partial charge is 0.481 e. The van der Waals surface area contributed by atoms with Gasteiger partial charge in [-0.15, -0.1) is 0 Å². The lowest BCUT2D eigenvalue weighted by atomic mass is 9.82. The van der Waals surface area contributed by atoms with E-state index in [0.717, 1.165) is 0 Å².